The highest BCUT2D eigenvalue weighted by Crippen LogP contribution is 2.26. The number of benzene rings is 1. The molecule has 0 aliphatic carbocycles. The minimum absolute atomic E-state index is 0.157. The van der Waals surface area contributed by atoms with Gasteiger partial charge in [0.2, 0.25) is 0 Å². The van der Waals surface area contributed by atoms with E-state index in [0.29, 0.717) is 0 Å². The molecule has 0 aliphatic heterocycles. The van der Waals surface area contributed by atoms with E-state index in [1.54, 1.807) is 23.1 Å². The zero-order chi connectivity index (χ0) is 12.8. The van der Waals surface area contributed by atoms with Crippen molar-refractivity contribution in [1.82, 2.24) is 15.5 Å². The highest BCUT2D eigenvalue weighted by atomic mass is 32.2. The molecule has 1 N–H and O–H groups in total. The highest BCUT2D eigenvalue weighted by molar-refractivity contribution is 7.97. The first-order chi connectivity index (χ1) is 8.85. The number of nitrogens with zero attached hydrogens (tertiary/aromatic N) is 2. The van der Waals surface area contributed by atoms with Crippen LogP contribution in [0, 0.1) is 0 Å². The zero-order valence-electron chi connectivity index (χ0n) is 10.6. The Morgan fingerprint density at radius 1 is 1.28 bits per heavy atom. The Morgan fingerprint density at radius 2 is 2.06 bits per heavy atom. The molecule has 2 aromatic rings. The van der Waals surface area contributed by atoms with Crippen LogP contribution in [0.1, 0.15) is 28.5 Å². The smallest absolute Gasteiger partial charge is 0.139 e. The maximum Gasteiger partial charge on any atom is 0.139 e. The van der Waals surface area contributed by atoms with E-state index in [1.165, 1.54) is 5.56 Å². The summed E-state index contributed by atoms with van der Waals surface area (Å²) in [4.78, 5) is 0. The van der Waals surface area contributed by atoms with Crippen molar-refractivity contribution in [2.24, 2.45) is 0 Å². The predicted octanol–water partition coefficient (Wildman–Crippen LogP) is 3.10. The molecule has 0 saturated heterocycles. The van der Waals surface area contributed by atoms with Crippen molar-refractivity contribution < 1.29 is 0 Å². The largest absolute Gasteiger partial charge is 0.304 e. The molecule has 0 aliphatic rings. The molecule has 0 amide bonds. The van der Waals surface area contributed by atoms with E-state index < -0.39 is 0 Å². The van der Waals surface area contributed by atoms with Crippen LogP contribution in [0.5, 0.6) is 0 Å². The molecule has 1 atom stereocenters. The third-order valence-corrected chi connectivity index (χ3v) is 4.27. The van der Waals surface area contributed by atoms with Crippen LogP contribution in [-0.2, 0) is 5.75 Å². The van der Waals surface area contributed by atoms with Gasteiger partial charge in [-0.1, -0.05) is 48.6 Å². The summed E-state index contributed by atoms with van der Waals surface area (Å²) in [5, 5.41) is 14.2. The van der Waals surface area contributed by atoms with Gasteiger partial charge < -0.3 is 5.32 Å². The normalized spacial score (nSPS) is 12.6. The van der Waals surface area contributed by atoms with Crippen LogP contribution >= 0.6 is 23.1 Å². The second-order valence-electron chi connectivity index (χ2n) is 3.87. The Labute approximate surface area is 116 Å². The zero-order valence-corrected chi connectivity index (χ0v) is 12.2. The lowest BCUT2D eigenvalue weighted by atomic mass is 10.1. The second-order valence-corrected chi connectivity index (χ2v) is 5.83. The van der Waals surface area contributed by atoms with Crippen LogP contribution in [-0.4, -0.2) is 23.0 Å². The highest BCUT2D eigenvalue weighted by Gasteiger charge is 2.17. The molecule has 3 nitrogen and oxygen atoms in total. The van der Waals surface area contributed by atoms with Gasteiger partial charge in [0.05, 0.1) is 6.04 Å². The molecular weight excluding hydrogens is 262 g/mol. The summed E-state index contributed by atoms with van der Waals surface area (Å²) in [6.45, 7) is 3.02. The fourth-order valence-corrected chi connectivity index (χ4v) is 3.40. The number of rotatable bonds is 6. The van der Waals surface area contributed by atoms with Crippen LogP contribution < -0.4 is 5.32 Å². The van der Waals surface area contributed by atoms with E-state index in [-0.39, 0.29) is 6.04 Å². The summed E-state index contributed by atoms with van der Waals surface area (Å²) in [6, 6.07) is 10.6. The first kappa shape index (κ1) is 13.5. The van der Waals surface area contributed by atoms with Crippen molar-refractivity contribution >= 4 is 23.1 Å². The lowest BCUT2D eigenvalue weighted by Gasteiger charge is -2.14. The van der Waals surface area contributed by atoms with Gasteiger partial charge in [-0.3, -0.25) is 0 Å². The van der Waals surface area contributed by atoms with Crippen molar-refractivity contribution in [3.05, 3.63) is 45.9 Å². The molecule has 0 fully saturated rings. The van der Waals surface area contributed by atoms with Crippen molar-refractivity contribution in [1.29, 1.82) is 0 Å². The molecule has 1 heterocycles. The van der Waals surface area contributed by atoms with E-state index in [9.17, 15) is 0 Å². The quantitative estimate of drug-likeness (QED) is 0.882. The van der Waals surface area contributed by atoms with Crippen molar-refractivity contribution in [2.45, 2.75) is 18.7 Å². The summed E-state index contributed by atoms with van der Waals surface area (Å²) >= 11 is 3.47. The molecule has 1 unspecified atom stereocenters. The van der Waals surface area contributed by atoms with Crippen molar-refractivity contribution in [3.8, 4) is 0 Å². The van der Waals surface area contributed by atoms with Gasteiger partial charge >= 0.3 is 0 Å². The van der Waals surface area contributed by atoms with E-state index in [2.05, 4.69) is 53.0 Å². The van der Waals surface area contributed by atoms with E-state index >= 15 is 0 Å². The maximum atomic E-state index is 4.32. The van der Waals surface area contributed by atoms with Gasteiger partial charge in [-0.15, -0.1) is 10.2 Å². The Hall–Kier alpha value is -0.910. The summed E-state index contributed by atoms with van der Waals surface area (Å²) in [5.74, 6) is 0.936. The third kappa shape index (κ3) is 3.31. The van der Waals surface area contributed by atoms with Crippen LogP contribution in [0.2, 0.25) is 0 Å². The Balaban J connectivity index is 2.23. The molecule has 0 bridgehead atoms. The van der Waals surface area contributed by atoms with Gasteiger partial charge in [-0.05, 0) is 18.4 Å². The molecule has 5 heteroatoms. The Kier molecular flexibility index (Phi) is 5.16. The average molecular weight is 279 g/mol. The van der Waals surface area contributed by atoms with E-state index in [4.69, 9.17) is 0 Å². The topological polar surface area (TPSA) is 37.8 Å². The summed E-state index contributed by atoms with van der Waals surface area (Å²) in [6.07, 6.45) is 2.08. The second kappa shape index (κ2) is 6.87. The number of aromatic nitrogens is 2. The standard InChI is InChI=1S/C13H17N3S2/c1-3-14-12(10-7-5-4-6-8-10)13-16-15-11(18-13)9-17-2/h4-8,12,14H,3,9H2,1-2H3. The molecular formula is C13H17N3S2. The lowest BCUT2D eigenvalue weighted by molar-refractivity contribution is 0.621. The van der Waals surface area contributed by atoms with Crippen molar-refractivity contribution in [2.75, 3.05) is 12.8 Å². The number of hydrogen-bond donors (Lipinski definition) is 1. The van der Waals surface area contributed by atoms with E-state index in [0.717, 1.165) is 22.3 Å². The van der Waals surface area contributed by atoms with Crippen LogP contribution in [0.15, 0.2) is 30.3 Å². The first-order valence-electron chi connectivity index (χ1n) is 5.94. The molecule has 0 radical (unpaired) electrons. The molecule has 0 spiro atoms. The van der Waals surface area contributed by atoms with Gasteiger partial charge in [0.1, 0.15) is 10.0 Å². The molecule has 1 aromatic heterocycles. The fraction of sp³-hybridized carbons (Fsp3) is 0.385. The van der Waals surface area contributed by atoms with Gasteiger partial charge in [-0.25, -0.2) is 0 Å². The third-order valence-electron chi connectivity index (χ3n) is 2.54. The Bertz CT molecular complexity index is 470. The van der Waals surface area contributed by atoms with Gasteiger partial charge in [0.25, 0.3) is 0 Å². The summed E-state index contributed by atoms with van der Waals surface area (Å²) in [5.41, 5.74) is 1.24. The average Bonchev–Trinajstić information content (AvgIpc) is 2.86. The van der Waals surface area contributed by atoms with Crippen LogP contribution in [0.3, 0.4) is 0 Å². The number of nitrogens with one attached hydrogen (secondary N) is 1. The van der Waals surface area contributed by atoms with Crippen LogP contribution in [0.4, 0.5) is 0 Å². The van der Waals surface area contributed by atoms with Crippen molar-refractivity contribution in [3.63, 3.8) is 0 Å². The minimum atomic E-state index is 0.157. The fourth-order valence-electron chi connectivity index (χ4n) is 1.76. The molecule has 18 heavy (non-hydrogen) atoms. The first-order valence-corrected chi connectivity index (χ1v) is 8.15. The minimum Gasteiger partial charge on any atom is -0.304 e. The lowest BCUT2D eigenvalue weighted by Crippen LogP contribution is -2.21. The summed E-state index contributed by atoms with van der Waals surface area (Å²) in [7, 11) is 0. The van der Waals surface area contributed by atoms with Gasteiger partial charge in [0.15, 0.2) is 0 Å². The predicted molar refractivity (Wildman–Crippen MR) is 79.1 cm³/mol. The van der Waals surface area contributed by atoms with Gasteiger partial charge in [0, 0.05) is 5.75 Å². The summed E-state index contributed by atoms with van der Waals surface area (Å²) < 4.78 is 0. The number of hydrogen-bond acceptors (Lipinski definition) is 5. The van der Waals surface area contributed by atoms with Gasteiger partial charge in [-0.2, -0.15) is 11.8 Å². The number of thioether (sulfide) groups is 1. The SMILES string of the molecule is CCNC(c1ccccc1)c1nnc(CSC)s1. The molecule has 1 aromatic carbocycles. The van der Waals surface area contributed by atoms with E-state index in [1.807, 2.05) is 6.07 Å². The monoisotopic (exact) mass is 279 g/mol. The molecule has 96 valence electrons. The molecule has 0 saturated carbocycles. The maximum absolute atomic E-state index is 4.32. The molecule has 2 rings (SSSR count). The Morgan fingerprint density at radius 3 is 2.72 bits per heavy atom. The van der Waals surface area contributed by atoms with Crippen LogP contribution in [0.25, 0.3) is 0 Å².